The molecule has 28 heavy (non-hydrogen) atoms. The summed E-state index contributed by atoms with van der Waals surface area (Å²) in [4.78, 5) is 24.3. The van der Waals surface area contributed by atoms with E-state index in [1.165, 1.54) is 10.9 Å². The number of carbonyl (C=O) groups excluding carboxylic acids is 2. The van der Waals surface area contributed by atoms with Crippen LogP contribution in [0.3, 0.4) is 0 Å². The molecule has 2 rings (SSSR count). The topological polar surface area (TPSA) is 126 Å². The van der Waals surface area contributed by atoms with Gasteiger partial charge in [-0.15, -0.1) is 0 Å². The van der Waals surface area contributed by atoms with Crippen LogP contribution in [-0.2, 0) is 31.2 Å². The molecular formula is C19H25N3O6. The molecule has 152 valence electrons. The van der Waals surface area contributed by atoms with E-state index in [2.05, 4.69) is 5.10 Å². The van der Waals surface area contributed by atoms with Crippen molar-refractivity contribution in [1.29, 1.82) is 0 Å². The lowest BCUT2D eigenvalue weighted by Crippen LogP contribution is -2.40. The number of anilines is 1. The summed E-state index contributed by atoms with van der Waals surface area (Å²) in [6.07, 6.45) is 0.632. The summed E-state index contributed by atoms with van der Waals surface area (Å²) >= 11 is 0. The lowest BCUT2D eigenvalue weighted by atomic mass is 9.92. The van der Waals surface area contributed by atoms with Gasteiger partial charge in [0.1, 0.15) is 11.6 Å². The van der Waals surface area contributed by atoms with Crippen LogP contribution in [-0.4, -0.2) is 47.1 Å². The number of esters is 2. The number of hydrogen-bond acceptors (Lipinski definition) is 8. The summed E-state index contributed by atoms with van der Waals surface area (Å²) in [5.41, 5.74) is 4.72. The lowest BCUT2D eigenvalue weighted by molar-refractivity contribution is -0.173. The second-order valence-corrected chi connectivity index (χ2v) is 6.01. The van der Waals surface area contributed by atoms with Crippen LogP contribution in [0, 0.1) is 0 Å². The van der Waals surface area contributed by atoms with Gasteiger partial charge >= 0.3 is 11.9 Å². The third kappa shape index (κ3) is 4.61. The Labute approximate surface area is 163 Å². The average molecular weight is 391 g/mol. The fourth-order valence-electron chi connectivity index (χ4n) is 2.69. The molecule has 3 N–H and O–H groups in total. The quantitative estimate of drug-likeness (QED) is 0.611. The molecule has 0 aliphatic rings. The van der Waals surface area contributed by atoms with Crippen molar-refractivity contribution in [2.24, 2.45) is 0 Å². The van der Waals surface area contributed by atoms with Crippen molar-refractivity contribution < 1.29 is 28.9 Å². The first-order chi connectivity index (χ1) is 13.3. The van der Waals surface area contributed by atoms with E-state index in [0.29, 0.717) is 12.3 Å². The number of methoxy groups -OCH3 is 1. The van der Waals surface area contributed by atoms with Gasteiger partial charge in [-0.1, -0.05) is 12.1 Å². The molecule has 0 spiro atoms. The smallest absolute Gasteiger partial charge is 0.343 e. The largest absolute Gasteiger partial charge is 0.497 e. The van der Waals surface area contributed by atoms with Crippen LogP contribution in [0.4, 0.5) is 5.82 Å². The first-order valence-electron chi connectivity index (χ1n) is 8.85. The van der Waals surface area contributed by atoms with Crippen LogP contribution in [0.25, 0.3) is 0 Å². The van der Waals surface area contributed by atoms with E-state index < -0.39 is 24.0 Å². The molecule has 0 fully saturated rings. The van der Waals surface area contributed by atoms with Crippen molar-refractivity contribution in [1.82, 2.24) is 9.78 Å². The third-order valence-corrected chi connectivity index (χ3v) is 4.14. The first-order valence-corrected chi connectivity index (χ1v) is 8.85. The summed E-state index contributed by atoms with van der Waals surface area (Å²) < 4.78 is 16.4. The van der Waals surface area contributed by atoms with Gasteiger partial charge in [-0.25, -0.2) is 9.48 Å². The van der Waals surface area contributed by atoms with Gasteiger partial charge in [-0.05, 0) is 31.5 Å². The van der Waals surface area contributed by atoms with Gasteiger partial charge in [0, 0.05) is 0 Å². The maximum Gasteiger partial charge on any atom is 0.343 e. The molecule has 1 unspecified atom stereocenters. The Kier molecular flexibility index (Phi) is 7.00. The number of hydrogen-bond donors (Lipinski definition) is 2. The van der Waals surface area contributed by atoms with Crippen molar-refractivity contribution in [3.05, 3.63) is 41.6 Å². The zero-order valence-electron chi connectivity index (χ0n) is 16.2. The second-order valence-electron chi connectivity index (χ2n) is 6.01. The molecule has 2 aromatic rings. The van der Waals surface area contributed by atoms with Crippen molar-refractivity contribution in [3.8, 4) is 5.75 Å². The van der Waals surface area contributed by atoms with Gasteiger partial charge in [0.25, 0.3) is 0 Å². The fraction of sp³-hybridized carbons (Fsp3) is 0.421. The minimum atomic E-state index is -2.29. The highest BCUT2D eigenvalue weighted by Crippen LogP contribution is 2.32. The highest BCUT2D eigenvalue weighted by Gasteiger charge is 2.45. The van der Waals surface area contributed by atoms with Crippen molar-refractivity contribution in [2.75, 3.05) is 26.1 Å². The standard InChI is InChI=1S/C19H25N3O6/c1-4-27-16(23)10-19(25,18(24)28-5-2)15-11-21-22(17(15)20)12-13-6-8-14(26-3)9-7-13/h6-9,11,25H,4-5,10,12,20H2,1-3H3. The second kappa shape index (κ2) is 9.23. The van der Waals surface area contributed by atoms with Crippen LogP contribution in [0.2, 0.25) is 0 Å². The molecule has 1 aromatic heterocycles. The average Bonchev–Trinajstić information content (AvgIpc) is 3.03. The number of benzene rings is 1. The molecule has 0 saturated carbocycles. The Morgan fingerprint density at radius 1 is 1.18 bits per heavy atom. The summed E-state index contributed by atoms with van der Waals surface area (Å²) in [6, 6.07) is 7.28. The highest BCUT2D eigenvalue weighted by atomic mass is 16.6. The molecule has 0 bridgehead atoms. The van der Waals surface area contributed by atoms with Crippen LogP contribution in [0.1, 0.15) is 31.4 Å². The van der Waals surface area contributed by atoms with Crippen LogP contribution >= 0.6 is 0 Å². The zero-order chi connectivity index (χ0) is 20.7. The van der Waals surface area contributed by atoms with E-state index in [1.807, 2.05) is 12.1 Å². The molecule has 1 aromatic carbocycles. The first kappa shape index (κ1) is 21.2. The number of aromatic nitrogens is 2. The van der Waals surface area contributed by atoms with Gasteiger partial charge < -0.3 is 25.1 Å². The molecule has 0 radical (unpaired) electrons. The van der Waals surface area contributed by atoms with E-state index >= 15 is 0 Å². The number of rotatable bonds is 9. The molecular weight excluding hydrogens is 366 g/mol. The summed E-state index contributed by atoms with van der Waals surface area (Å²) in [5.74, 6) is -0.973. The monoisotopic (exact) mass is 391 g/mol. The van der Waals surface area contributed by atoms with E-state index in [0.717, 1.165) is 5.56 Å². The van der Waals surface area contributed by atoms with E-state index in [9.17, 15) is 14.7 Å². The van der Waals surface area contributed by atoms with Crippen molar-refractivity contribution in [2.45, 2.75) is 32.4 Å². The van der Waals surface area contributed by atoms with Gasteiger partial charge in [0.05, 0.1) is 45.0 Å². The van der Waals surface area contributed by atoms with Crippen molar-refractivity contribution in [3.63, 3.8) is 0 Å². The number of carbonyl (C=O) groups is 2. The predicted molar refractivity (Wildman–Crippen MR) is 101 cm³/mol. The Bertz CT molecular complexity index is 818. The summed E-state index contributed by atoms with van der Waals surface area (Å²) in [7, 11) is 1.58. The number of aliphatic hydroxyl groups is 1. The van der Waals surface area contributed by atoms with Crippen molar-refractivity contribution >= 4 is 17.8 Å². The summed E-state index contributed by atoms with van der Waals surface area (Å²) in [6.45, 7) is 3.67. The Hall–Kier alpha value is -3.07. The fourth-order valence-corrected chi connectivity index (χ4v) is 2.69. The maximum atomic E-state index is 12.4. The Morgan fingerprint density at radius 2 is 1.82 bits per heavy atom. The van der Waals surface area contributed by atoms with Gasteiger partial charge in [0.15, 0.2) is 0 Å². The van der Waals surface area contributed by atoms with Crippen LogP contribution in [0.15, 0.2) is 30.5 Å². The van der Waals surface area contributed by atoms with Gasteiger partial charge in [-0.2, -0.15) is 5.10 Å². The van der Waals surface area contributed by atoms with E-state index in [4.69, 9.17) is 19.9 Å². The molecule has 0 aliphatic heterocycles. The maximum absolute atomic E-state index is 12.4. The minimum absolute atomic E-state index is 0.00693. The number of nitrogen functional groups attached to an aromatic ring is 1. The van der Waals surface area contributed by atoms with Gasteiger partial charge in [-0.3, -0.25) is 4.79 Å². The number of ether oxygens (including phenoxy) is 3. The molecule has 9 heteroatoms. The molecule has 1 heterocycles. The predicted octanol–water partition coefficient (Wildman–Crippen LogP) is 1.23. The van der Waals surface area contributed by atoms with E-state index in [-0.39, 0.29) is 24.6 Å². The number of nitrogens with zero attached hydrogens (tertiary/aromatic N) is 2. The normalized spacial score (nSPS) is 12.9. The number of nitrogens with two attached hydrogens (primary N) is 1. The SMILES string of the molecule is CCOC(=O)CC(O)(C(=O)OCC)c1cnn(Cc2ccc(OC)cc2)c1N. The van der Waals surface area contributed by atoms with Gasteiger partial charge in [0.2, 0.25) is 5.60 Å². The highest BCUT2D eigenvalue weighted by molar-refractivity contribution is 5.88. The minimum Gasteiger partial charge on any atom is -0.497 e. The third-order valence-electron chi connectivity index (χ3n) is 4.14. The zero-order valence-corrected chi connectivity index (χ0v) is 16.2. The summed E-state index contributed by atoms with van der Waals surface area (Å²) in [5, 5.41) is 15.1. The van der Waals surface area contributed by atoms with E-state index in [1.54, 1.807) is 33.1 Å². The Morgan fingerprint density at radius 3 is 2.39 bits per heavy atom. The molecule has 0 amide bonds. The lowest BCUT2D eigenvalue weighted by Gasteiger charge is -2.24. The van der Waals surface area contributed by atoms with Crippen LogP contribution < -0.4 is 10.5 Å². The molecule has 0 saturated heterocycles. The van der Waals surface area contributed by atoms with Crippen LogP contribution in [0.5, 0.6) is 5.75 Å². The molecule has 0 aliphatic carbocycles. The molecule has 1 atom stereocenters. The molecule has 9 nitrogen and oxygen atoms in total. The Balaban J connectivity index is 2.33.